The molecule has 0 saturated heterocycles. The van der Waals surface area contributed by atoms with Crippen molar-refractivity contribution in [2.75, 3.05) is 19.7 Å². The predicted octanol–water partition coefficient (Wildman–Crippen LogP) is 5.09. The molecule has 140 valence electrons. The summed E-state index contributed by atoms with van der Waals surface area (Å²) in [4.78, 5) is 19.3. The highest BCUT2D eigenvalue weighted by atomic mass is 16.5. The molecule has 3 rings (SSSR count). The molecule has 0 aliphatic rings. The number of amides is 1. The molecule has 3 aromatic rings. The van der Waals surface area contributed by atoms with E-state index in [0.717, 1.165) is 27.9 Å². The first-order chi connectivity index (χ1) is 13.1. The summed E-state index contributed by atoms with van der Waals surface area (Å²) >= 11 is 0. The van der Waals surface area contributed by atoms with Gasteiger partial charge in [0.05, 0.1) is 17.8 Å². The highest BCUT2D eigenvalue weighted by molar-refractivity contribution is 5.99. The zero-order valence-corrected chi connectivity index (χ0v) is 16.5. The zero-order chi connectivity index (χ0) is 19.4. The first-order valence-corrected chi connectivity index (χ1v) is 9.51. The molecular formula is C23H26N2O2. The van der Waals surface area contributed by atoms with E-state index in [1.54, 1.807) is 0 Å². The van der Waals surface area contributed by atoms with E-state index in [-0.39, 0.29) is 5.91 Å². The lowest BCUT2D eigenvalue weighted by atomic mass is 10.0. The number of aryl methyl sites for hydroxylation is 1. The summed E-state index contributed by atoms with van der Waals surface area (Å²) in [5, 5.41) is 0.866. The third kappa shape index (κ3) is 3.95. The molecule has 4 nitrogen and oxygen atoms in total. The molecular weight excluding hydrogens is 336 g/mol. The third-order valence-corrected chi connectivity index (χ3v) is 4.72. The van der Waals surface area contributed by atoms with Gasteiger partial charge < -0.3 is 9.64 Å². The monoisotopic (exact) mass is 362 g/mol. The van der Waals surface area contributed by atoms with Gasteiger partial charge in [0.15, 0.2) is 0 Å². The van der Waals surface area contributed by atoms with Crippen LogP contribution in [0.4, 0.5) is 0 Å². The van der Waals surface area contributed by atoms with E-state index < -0.39 is 0 Å². The van der Waals surface area contributed by atoms with Crippen molar-refractivity contribution in [1.29, 1.82) is 0 Å². The third-order valence-electron chi connectivity index (χ3n) is 4.72. The second kappa shape index (κ2) is 8.21. The zero-order valence-electron chi connectivity index (χ0n) is 16.5. The molecule has 0 aliphatic carbocycles. The minimum absolute atomic E-state index is 0.0342. The molecule has 1 heterocycles. The second-order valence-corrected chi connectivity index (χ2v) is 6.51. The number of aromatic nitrogens is 1. The molecule has 0 unspecified atom stereocenters. The standard InChI is InChI=1S/C23H26N2O2/c1-5-25(6-2)23(26)18-12-13-20-19(14-18)22(27-7-3)15-21(24-20)17-10-8-16(4)9-11-17/h8-15H,5-7H2,1-4H3. The number of pyridine rings is 1. The maximum absolute atomic E-state index is 12.7. The average Bonchev–Trinajstić information content (AvgIpc) is 2.69. The van der Waals surface area contributed by atoms with Gasteiger partial charge in [0.25, 0.3) is 5.91 Å². The van der Waals surface area contributed by atoms with Gasteiger partial charge in [-0.1, -0.05) is 29.8 Å². The van der Waals surface area contributed by atoms with Gasteiger partial charge >= 0.3 is 0 Å². The lowest BCUT2D eigenvalue weighted by Gasteiger charge is -2.19. The Labute approximate surface area is 160 Å². The maximum atomic E-state index is 12.7. The first kappa shape index (κ1) is 18.9. The molecule has 0 saturated carbocycles. The predicted molar refractivity (Wildman–Crippen MR) is 110 cm³/mol. The van der Waals surface area contributed by atoms with Crippen molar-refractivity contribution in [1.82, 2.24) is 9.88 Å². The topological polar surface area (TPSA) is 42.4 Å². The number of fused-ring (bicyclic) bond motifs is 1. The minimum atomic E-state index is 0.0342. The lowest BCUT2D eigenvalue weighted by molar-refractivity contribution is 0.0773. The van der Waals surface area contributed by atoms with Crippen LogP contribution in [0.3, 0.4) is 0 Å². The van der Waals surface area contributed by atoms with Gasteiger partial charge in [0.2, 0.25) is 0 Å². The highest BCUT2D eigenvalue weighted by Crippen LogP contribution is 2.31. The number of carbonyl (C=O) groups excluding carboxylic acids is 1. The summed E-state index contributed by atoms with van der Waals surface area (Å²) in [7, 11) is 0. The van der Waals surface area contributed by atoms with Crippen molar-refractivity contribution in [3.8, 4) is 17.0 Å². The van der Waals surface area contributed by atoms with Crippen molar-refractivity contribution in [3.63, 3.8) is 0 Å². The van der Waals surface area contributed by atoms with Crippen LogP contribution in [0.25, 0.3) is 22.2 Å². The number of hydrogen-bond donors (Lipinski definition) is 0. The van der Waals surface area contributed by atoms with E-state index >= 15 is 0 Å². The van der Waals surface area contributed by atoms with Crippen LogP contribution in [-0.4, -0.2) is 35.5 Å². The van der Waals surface area contributed by atoms with Gasteiger partial charge in [0.1, 0.15) is 5.75 Å². The maximum Gasteiger partial charge on any atom is 0.253 e. The Balaban J connectivity index is 2.10. The number of benzene rings is 2. The minimum Gasteiger partial charge on any atom is -0.493 e. The van der Waals surface area contributed by atoms with E-state index in [1.165, 1.54) is 5.56 Å². The first-order valence-electron chi connectivity index (χ1n) is 9.51. The molecule has 0 atom stereocenters. The SMILES string of the molecule is CCOc1cc(-c2ccc(C)cc2)nc2ccc(C(=O)N(CC)CC)cc12. The molecule has 1 aromatic heterocycles. The van der Waals surface area contributed by atoms with Crippen molar-refractivity contribution in [2.24, 2.45) is 0 Å². The van der Waals surface area contributed by atoms with Gasteiger partial charge in [0, 0.05) is 35.7 Å². The Hall–Kier alpha value is -2.88. The Bertz CT molecular complexity index is 944. The largest absolute Gasteiger partial charge is 0.493 e. The van der Waals surface area contributed by atoms with Gasteiger partial charge in [-0.3, -0.25) is 4.79 Å². The fourth-order valence-corrected chi connectivity index (χ4v) is 3.17. The lowest BCUT2D eigenvalue weighted by Crippen LogP contribution is -2.30. The van der Waals surface area contributed by atoms with Crippen LogP contribution in [0.2, 0.25) is 0 Å². The van der Waals surface area contributed by atoms with Crippen molar-refractivity contribution >= 4 is 16.8 Å². The van der Waals surface area contributed by atoms with Crippen LogP contribution in [0.15, 0.2) is 48.5 Å². The summed E-state index contributed by atoms with van der Waals surface area (Å²) in [6.07, 6.45) is 0. The summed E-state index contributed by atoms with van der Waals surface area (Å²) in [5.74, 6) is 0.791. The van der Waals surface area contributed by atoms with Crippen LogP contribution in [0.5, 0.6) is 5.75 Å². The fraction of sp³-hybridized carbons (Fsp3) is 0.304. The molecule has 2 aromatic carbocycles. The van der Waals surface area contributed by atoms with Crippen molar-refractivity contribution in [3.05, 3.63) is 59.7 Å². The summed E-state index contributed by atoms with van der Waals surface area (Å²) in [6.45, 7) is 9.95. The summed E-state index contributed by atoms with van der Waals surface area (Å²) in [6, 6.07) is 15.9. The number of hydrogen-bond acceptors (Lipinski definition) is 3. The van der Waals surface area contributed by atoms with Gasteiger partial charge in [-0.05, 0) is 45.9 Å². The van der Waals surface area contributed by atoms with Crippen LogP contribution in [0.1, 0.15) is 36.7 Å². The van der Waals surface area contributed by atoms with Gasteiger partial charge in [-0.2, -0.15) is 0 Å². The Morgan fingerprint density at radius 1 is 1.00 bits per heavy atom. The fourth-order valence-electron chi connectivity index (χ4n) is 3.17. The molecule has 27 heavy (non-hydrogen) atoms. The van der Waals surface area contributed by atoms with Gasteiger partial charge in [-0.25, -0.2) is 4.98 Å². The highest BCUT2D eigenvalue weighted by Gasteiger charge is 2.15. The molecule has 1 amide bonds. The molecule has 0 fully saturated rings. The van der Waals surface area contributed by atoms with Crippen LogP contribution < -0.4 is 4.74 Å². The molecule has 0 aliphatic heterocycles. The van der Waals surface area contributed by atoms with E-state index in [0.29, 0.717) is 25.3 Å². The quantitative estimate of drug-likeness (QED) is 0.613. The number of carbonyl (C=O) groups is 1. The van der Waals surface area contributed by atoms with Crippen molar-refractivity contribution < 1.29 is 9.53 Å². The normalized spacial score (nSPS) is 10.8. The van der Waals surface area contributed by atoms with Crippen LogP contribution >= 0.6 is 0 Å². The Morgan fingerprint density at radius 3 is 2.33 bits per heavy atom. The van der Waals surface area contributed by atoms with Crippen molar-refractivity contribution in [2.45, 2.75) is 27.7 Å². The summed E-state index contributed by atoms with van der Waals surface area (Å²) in [5.41, 5.74) is 4.62. The molecule has 0 bridgehead atoms. The smallest absolute Gasteiger partial charge is 0.253 e. The van der Waals surface area contributed by atoms with E-state index in [2.05, 4.69) is 31.2 Å². The summed E-state index contributed by atoms with van der Waals surface area (Å²) < 4.78 is 5.89. The number of rotatable bonds is 6. The molecule has 0 radical (unpaired) electrons. The molecule has 4 heteroatoms. The van der Waals surface area contributed by atoms with Crippen LogP contribution in [-0.2, 0) is 0 Å². The van der Waals surface area contributed by atoms with E-state index in [4.69, 9.17) is 9.72 Å². The number of nitrogens with zero attached hydrogens (tertiary/aromatic N) is 2. The molecule has 0 N–H and O–H groups in total. The number of ether oxygens (including phenoxy) is 1. The Kier molecular flexibility index (Phi) is 5.75. The van der Waals surface area contributed by atoms with E-state index in [1.807, 2.05) is 49.9 Å². The van der Waals surface area contributed by atoms with Gasteiger partial charge in [-0.15, -0.1) is 0 Å². The molecule has 0 spiro atoms. The second-order valence-electron chi connectivity index (χ2n) is 6.51. The van der Waals surface area contributed by atoms with Crippen LogP contribution in [0, 0.1) is 6.92 Å². The Morgan fingerprint density at radius 2 is 1.70 bits per heavy atom. The van der Waals surface area contributed by atoms with E-state index in [9.17, 15) is 4.79 Å². The average molecular weight is 362 g/mol.